The highest BCUT2D eigenvalue weighted by Gasteiger charge is 2.14. The molecule has 0 radical (unpaired) electrons. The van der Waals surface area contributed by atoms with E-state index in [1.165, 1.54) is 7.11 Å². The molecule has 1 heterocycles. The fourth-order valence-corrected chi connectivity index (χ4v) is 2.19. The zero-order valence-corrected chi connectivity index (χ0v) is 13.1. The van der Waals surface area contributed by atoms with Crippen LogP contribution in [0.4, 0.5) is 0 Å². The van der Waals surface area contributed by atoms with Gasteiger partial charge in [0.1, 0.15) is 0 Å². The summed E-state index contributed by atoms with van der Waals surface area (Å²) in [4.78, 5) is 11.9. The molecule has 0 N–H and O–H groups in total. The van der Waals surface area contributed by atoms with Crippen LogP contribution < -0.4 is 15.2 Å². The minimum Gasteiger partial charge on any atom is -0.493 e. The second-order valence-electron chi connectivity index (χ2n) is 4.28. The Kier molecular flexibility index (Phi) is 3.97. The van der Waals surface area contributed by atoms with Gasteiger partial charge in [0.15, 0.2) is 11.5 Å². The molecule has 0 saturated carbocycles. The Hall–Kier alpha value is -2.54. The highest BCUT2D eigenvalue weighted by molar-refractivity contribution is 9.10. The predicted octanol–water partition coefficient (Wildman–Crippen LogP) is 3.39. The summed E-state index contributed by atoms with van der Waals surface area (Å²) in [6, 6.07) is 14.1. The number of nitrogens with zero attached hydrogens (tertiary/aromatic N) is 2. The number of hydrogen-bond acceptors (Lipinski definition) is 5. The normalized spacial score (nSPS) is 10.5. The van der Waals surface area contributed by atoms with Crippen molar-refractivity contribution in [2.75, 3.05) is 7.11 Å². The van der Waals surface area contributed by atoms with Crippen LogP contribution in [0.15, 0.2) is 62.2 Å². The second-order valence-corrected chi connectivity index (χ2v) is 5.19. The van der Waals surface area contributed by atoms with Crippen molar-refractivity contribution >= 4 is 15.9 Å². The van der Waals surface area contributed by atoms with Gasteiger partial charge in [-0.25, -0.2) is 4.79 Å². The van der Waals surface area contributed by atoms with Crippen molar-refractivity contribution in [3.63, 3.8) is 0 Å². The third-order valence-electron chi connectivity index (χ3n) is 2.85. The summed E-state index contributed by atoms with van der Waals surface area (Å²) in [5.41, 5.74) is 0.592. The number of aromatic nitrogens is 2. The molecule has 2 aromatic carbocycles. The minimum absolute atomic E-state index is 0.158. The zero-order chi connectivity index (χ0) is 15.5. The summed E-state index contributed by atoms with van der Waals surface area (Å²) in [6.45, 7) is 0. The number of halogens is 1. The molecule has 0 atom stereocenters. The Labute approximate surface area is 134 Å². The molecule has 7 heteroatoms. The van der Waals surface area contributed by atoms with E-state index in [1.54, 1.807) is 42.5 Å². The minimum atomic E-state index is -0.628. The molecule has 0 bridgehead atoms. The third kappa shape index (κ3) is 2.89. The highest BCUT2D eigenvalue weighted by Crippen LogP contribution is 2.32. The monoisotopic (exact) mass is 362 g/mol. The Morgan fingerprint density at radius 1 is 1.14 bits per heavy atom. The van der Waals surface area contributed by atoms with E-state index in [4.69, 9.17) is 13.9 Å². The van der Waals surface area contributed by atoms with Gasteiger partial charge in [0.25, 0.3) is 0 Å². The SMILES string of the molecule is COc1cc(Br)ccc1Oc1nn(-c2ccccc2)c(=O)o1. The van der Waals surface area contributed by atoms with Gasteiger partial charge < -0.3 is 13.9 Å². The van der Waals surface area contributed by atoms with Crippen LogP contribution in [0.5, 0.6) is 17.6 Å². The van der Waals surface area contributed by atoms with E-state index >= 15 is 0 Å². The first kappa shape index (κ1) is 14.4. The Balaban J connectivity index is 1.93. The van der Waals surface area contributed by atoms with Gasteiger partial charge in [-0.3, -0.25) is 0 Å². The average molecular weight is 363 g/mol. The van der Waals surface area contributed by atoms with Crippen molar-refractivity contribution in [1.29, 1.82) is 0 Å². The van der Waals surface area contributed by atoms with E-state index in [1.807, 2.05) is 6.07 Å². The molecule has 0 spiro atoms. The van der Waals surface area contributed by atoms with Gasteiger partial charge >= 0.3 is 11.8 Å². The first-order valence-electron chi connectivity index (χ1n) is 6.34. The molecule has 1 aromatic heterocycles. The first-order chi connectivity index (χ1) is 10.7. The lowest BCUT2D eigenvalue weighted by molar-refractivity contribution is 0.302. The molecule has 0 fully saturated rings. The summed E-state index contributed by atoms with van der Waals surface area (Å²) in [7, 11) is 1.52. The standard InChI is InChI=1S/C15H11BrN2O4/c1-20-13-9-10(16)7-8-12(13)21-14-17-18(15(19)22-14)11-5-3-2-4-6-11/h2-9H,1H3. The van der Waals surface area contributed by atoms with Gasteiger partial charge in [-0.15, -0.1) is 0 Å². The van der Waals surface area contributed by atoms with E-state index in [-0.39, 0.29) is 6.08 Å². The lowest BCUT2D eigenvalue weighted by Gasteiger charge is -2.07. The summed E-state index contributed by atoms with van der Waals surface area (Å²) in [5.74, 6) is 0.260. The van der Waals surface area contributed by atoms with Crippen LogP contribution in [0, 0.1) is 0 Å². The number of benzene rings is 2. The first-order valence-corrected chi connectivity index (χ1v) is 7.13. The molecule has 0 unspecified atom stereocenters. The van der Waals surface area contributed by atoms with Crippen LogP contribution >= 0.6 is 15.9 Å². The number of hydrogen-bond donors (Lipinski definition) is 0. The molecule has 3 rings (SSSR count). The molecular formula is C15H11BrN2O4. The van der Waals surface area contributed by atoms with E-state index in [0.29, 0.717) is 17.2 Å². The Morgan fingerprint density at radius 3 is 2.64 bits per heavy atom. The van der Waals surface area contributed by atoms with Crippen LogP contribution in [0.3, 0.4) is 0 Å². The highest BCUT2D eigenvalue weighted by atomic mass is 79.9. The van der Waals surface area contributed by atoms with Gasteiger partial charge in [-0.2, -0.15) is 4.68 Å². The maximum atomic E-state index is 11.9. The van der Waals surface area contributed by atoms with Crippen molar-refractivity contribution in [3.05, 3.63) is 63.6 Å². The summed E-state index contributed by atoms with van der Waals surface area (Å²) >= 11 is 3.34. The van der Waals surface area contributed by atoms with Crippen molar-refractivity contribution in [2.24, 2.45) is 0 Å². The molecule has 0 amide bonds. The summed E-state index contributed by atoms with van der Waals surface area (Å²) < 4.78 is 17.7. The topological polar surface area (TPSA) is 66.5 Å². The van der Waals surface area contributed by atoms with Gasteiger partial charge in [0.2, 0.25) is 0 Å². The maximum absolute atomic E-state index is 11.9. The predicted molar refractivity (Wildman–Crippen MR) is 82.9 cm³/mol. The molecule has 0 aliphatic rings. The third-order valence-corrected chi connectivity index (χ3v) is 3.35. The van der Waals surface area contributed by atoms with E-state index in [2.05, 4.69) is 21.0 Å². The Morgan fingerprint density at radius 2 is 1.91 bits per heavy atom. The zero-order valence-electron chi connectivity index (χ0n) is 11.5. The number of rotatable bonds is 4. The van der Waals surface area contributed by atoms with Crippen molar-refractivity contribution in [2.45, 2.75) is 0 Å². The molecule has 0 aliphatic carbocycles. The smallest absolute Gasteiger partial charge is 0.444 e. The molecule has 0 saturated heterocycles. The van der Waals surface area contributed by atoms with Crippen molar-refractivity contribution in [3.8, 4) is 23.3 Å². The quantitative estimate of drug-likeness (QED) is 0.711. The fourth-order valence-electron chi connectivity index (χ4n) is 1.85. The van der Waals surface area contributed by atoms with Gasteiger partial charge in [-0.1, -0.05) is 39.2 Å². The molecule has 112 valence electrons. The number of methoxy groups -OCH3 is 1. The molecular weight excluding hydrogens is 352 g/mol. The molecule has 6 nitrogen and oxygen atoms in total. The molecule has 22 heavy (non-hydrogen) atoms. The van der Waals surface area contributed by atoms with Crippen LogP contribution in [0.1, 0.15) is 0 Å². The lowest BCUT2D eigenvalue weighted by Crippen LogP contribution is -2.12. The summed E-state index contributed by atoms with van der Waals surface area (Å²) in [6.07, 6.45) is -0.158. The van der Waals surface area contributed by atoms with Gasteiger partial charge in [0.05, 0.1) is 12.8 Å². The largest absolute Gasteiger partial charge is 0.493 e. The van der Waals surface area contributed by atoms with Crippen LogP contribution in [-0.2, 0) is 0 Å². The van der Waals surface area contributed by atoms with Crippen LogP contribution in [-0.4, -0.2) is 16.9 Å². The Bertz CT molecular complexity index is 842. The van der Waals surface area contributed by atoms with Gasteiger partial charge in [0, 0.05) is 4.47 Å². The van der Waals surface area contributed by atoms with E-state index < -0.39 is 5.76 Å². The molecule has 3 aromatic rings. The fraction of sp³-hybridized carbons (Fsp3) is 0.0667. The van der Waals surface area contributed by atoms with Gasteiger partial charge in [-0.05, 0) is 30.3 Å². The molecule has 0 aliphatic heterocycles. The summed E-state index contributed by atoms with van der Waals surface area (Å²) in [5, 5.41) is 4.02. The van der Waals surface area contributed by atoms with Crippen LogP contribution in [0.25, 0.3) is 5.69 Å². The van der Waals surface area contributed by atoms with E-state index in [9.17, 15) is 4.79 Å². The van der Waals surface area contributed by atoms with E-state index in [0.717, 1.165) is 9.15 Å². The second kappa shape index (κ2) is 6.07. The average Bonchev–Trinajstić information content (AvgIpc) is 2.90. The number of para-hydroxylation sites is 1. The van der Waals surface area contributed by atoms with Crippen LogP contribution in [0.2, 0.25) is 0 Å². The van der Waals surface area contributed by atoms with Crippen molar-refractivity contribution < 1.29 is 13.9 Å². The van der Waals surface area contributed by atoms with Crippen molar-refractivity contribution in [1.82, 2.24) is 9.78 Å². The number of ether oxygens (including phenoxy) is 2. The lowest BCUT2D eigenvalue weighted by atomic mass is 10.3. The maximum Gasteiger partial charge on any atom is 0.444 e.